The van der Waals surface area contributed by atoms with Crippen molar-refractivity contribution in [1.82, 2.24) is 10.6 Å². The molecule has 1 saturated carbocycles. The number of hydrogen-bond donors (Lipinski definition) is 3. The quantitative estimate of drug-likeness (QED) is 0.749. The molecule has 1 aliphatic rings. The lowest BCUT2D eigenvalue weighted by molar-refractivity contribution is 0.0697. The minimum atomic E-state index is -0.959. The smallest absolute Gasteiger partial charge is 0.335 e. The lowest BCUT2D eigenvalue weighted by Gasteiger charge is -2.16. The van der Waals surface area contributed by atoms with Crippen LogP contribution in [0.1, 0.15) is 58.8 Å². The zero-order valence-corrected chi connectivity index (χ0v) is 14.2. The zero-order chi connectivity index (χ0) is 17.8. The van der Waals surface area contributed by atoms with Crippen molar-refractivity contribution in [3.8, 4) is 0 Å². The van der Waals surface area contributed by atoms with Gasteiger partial charge in [-0.3, -0.25) is 0 Å². The molecule has 3 N–H and O–H groups in total. The van der Waals surface area contributed by atoms with Crippen molar-refractivity contribution in [2.45, 2.75) is 38.3 Å². The monoisotopic (exact) mass is 338 g/mol. The predicted molar refractivity (Wildman–Crippen MR) is 95.6 cm³/mol. The number of carbonyl (C=O) groups excluding carboxylic acids is 1. The van der Waals surface area contributed by atoms with Gasteiger partial charge in [-0.25, -0.2) is 9.59 Å². The molecule has 25 heavy (non-hydrogen) atoms. The Kier molecular flexibility index (Phi) is 5.03. The summed E-state index contributed by atoms with van der Waals surface area (Å²) in [6.45, 7) is 2.31. The third-order valence-electron chi connectivity index (χ3n) is 4.46. The van der Waals surface area contributed by atoms with Gasteiger partial charge in [0, 0.05) is 6.54 Å². The number of amides is 2. The van der Waals surface area contributed by atoms with Crippen molar-refractivity contribution < 1.29 is 14.7 Å². The number of aromatic carboxylic acids is 1. The molecule has 1 atom stereocenters. The highest BCUT2D eigenvalue weighted by molar-refractivity contribution is 5.87. The maximum Gasteiger partial charge on any atom is 0.335 e. The van der Waals surface area contributed by atoms with Crippen LogP contribution in [0.5, 0.6) is 0 Å². The molecule has 1 fully saturated rings. The van der Waals surface area contributed by atoms with E-state index in [-0.39, 0.29) is 17.6 Å². The van der Waals surface area contributed by atoms with Crippen LogP contribution in [0.25, 0.3) is 0 Å². The van der Waals surface area contributed by atoms with Gasteiger partial charge in [0.1, 0.15) is 0 Å². The fourth-order valence-electron chi connectivity index (χ4n) is 2.78. The molecule has 2 amide bonds. The van der Waals surface area contributed by atoms with E-state index in [9.17, 15) is 9.59 Å². The van der Waals surface area contributed by atoms with Gasteiger partial charge in [0.15, 0.2) is 0 Å². The third kappa shape index (κ3) is 4.59. The molecule has 0 bridgehead atoms. The van der Waals surface area contributed by atoms with Crippen LogP contribution in [0.4, 0.5) is 4.79 Å². The Bertz CT molecular complexity index is 767. The molecule has 0 aromatic heterocycles. The molecule has 0 spiro atoms. The van der Waals surface area contributed by atoms with Crippen LogP contribution in [0.2, 0.25) is 0 Å². The SMILES string of the molecule is CC(NC(=O)NCc1ccc(C(=O)O)cc1)c1cccc(C2CC2)c1. The van der Waals surface area contributed by atoms with Crippen LogP contribution in [-0.2, 0) is 6.54 Å². The summed E-state index contributed by atoms with van der Waals surface area (Å²) < 4.78 is 0. The molecule has 130 valence electrons. The largest absolute Gasteiger partial charge is 0.478 e. The Morgan fingerprint density at radius 2 is 1.88 bits per heavy atom. The van der Waals surface area contributed by atoms with Crippen LogP contribution in [0, 0.1) is 0 Å². The predicted octanol–water partition coefficient (Wildman–Crippen LogP) is 3.82. The fraction of sp³-hybridized carbons (Fsp3) is 0.300. The van der Waals surface area contributed by atoms with Crippen molar-refractivity contribution in [2.24, 2.45) is 0 Å². The fourth-order valence-corrected chi connectivity index (χ4v) is 2.78. The number of nitrogens with one attached hydrogen (secondary N) is 2. The van der Waals surface area contributed by atoms with E-state index in [1.165, 1.54) is 30.5 Å². The van der Waals surface area contributed by atoms with Gasteiger partial charge in [0.2, 0.25) is 0 Å². The first-order chi connectivity index (χ1) is 12.0. The van der Waals surface area contributed by atoms with Crippen LogP contribution >= 0.6 is 0 Å². The minimum absolute atomic E-state index is 0.0758. The molecule has 0 aliphatic heterocycles. The molecule has 2 aromatic carbocycles. The number of hydrogen-bond acceptors (Lipinski definition) is 2. The van der Waals surface area contributed by atoms with E-state index in [0.29, 0.717) is 12.5 Å². The van der Waals surface area contributed by atoms with E-state index in [1.807, 2.05) is 19.1 Å². The van der Waals surface area contributed by atoms with Gasteiger partial charge in [0.05, 0.1) is 11.6 Å². The number of carboxylic acids is 1. The molecule has 0 radical (unpaired) electrons. The third-order valence-corrected chi connectivity index (χ3v) is 4.46. The maximum absolute atomic E-state index is 12.1. The number of benzene rings is 2. The summed E-state index contributed by atoms with van der Waals surface area (Å²) in [6.07, 6.45) is 2.51. The first-order valence-corrected chi connectivity index (χ1v) is 8.49. The van der Waals surface area contributed by atoms with Crippen molar-refractivity contribution in [1.29, 1.82) is 0 Å². The van der Waals surface area contributed by atoms with E-state index < -0.39 is 5.97 Å². The second kappa shape index (κ2) is 7.38. The summed E-state index contributed by atoms with van der Waals surface area (Å²) in [7, 11) is 0. The number of urea groups is 1. The Morgan fingerprint density at radius 3 is 2.52 bits per heavy atom. The Balaban J connectivity index is 1.51. The van der Waals surface area contributed by atoms with Gasteiger partial charge in [-0.15, -0.1) is 0 Å². The van der Waals surface area contributed by atoms with Crippen molar-refractivity contribution in [2.75, 3.05) is 0 Å². The van der Waals surface area contributed by atoms with Crippen LogP contribution in [0.15, 0.2) is 48.5 Å². The zero-order valence-electron chi connectivity index (χ0n) is 14.2. The lowest BCUT2D eigenvalue weighted by atomic mass is 10.0. The number of rotatable bonds is 6. The van der Waals surface area contributed by atoms with E-state index in [2.05, 4.69) is 22.8 Å². The second-order valence-electron chi connectivity index (χ2n) is 6.50. The van der Waals surface area contributed by atoms with Gasteiger partial charge in [0.25, 0.3) is 0 Å². The highest BCUT2D eigenvalue weighted by Gasteiger charge is 2.23. The van der Waals surface area contributed by atoms with Gasteiger partial charge >= 0.3 is 12.0 Å². The average molecular weight is 338 g/mol. The molecule has 5 nitrogen and oxygen atoms in total. The highest BCUT2D eigenvalue weighted by Crippen LogP contribution is 2.40. The normalized spacial score (nSPS) is 14.6. The topological polar surface area (TPSA) is 78.4 Å². The Labute approximate surface area is 147 Å². The molecule has 0 heterocycles. The maximum atomic E-state index is 12.1. The minimum Gasteiger partial charge on any atom is -0.478 e. The standard InChI is InChI=1S/C20H22N2O3/c1-13(17-3-2-4-18(11-17)15-9-10-15)22-20(25)21-12-14-5-7-16(8-6-14)19(23)24/h2-8,11,13,15H,9-10,12H2,1H3,(H,23,24)(H2,21,22,25). The van der Waals surface area contributed by atoms with Crippen LogP contribution in [0.3, 0.4) is 0 Å². The molecule has 5 heteroatoms. The van der Waals surface area contributed by atoms with E-state index >= 15 is 0 Å². The van der Waals surface area contributed by atoms with Gasteiger partial charge in [-0.05, 0) is 54.5 Å². The number of carboxylic acid groups (broad SMARTS) is 1. The molecular formula is C20H22N2O3. The molecule has 3 rings (SSSR count). The number of carbonyl (C=O) groups is 2. The summed E-state index contributed by atoms with van der Waals surface area (Å²) in [5.41, 5.74) is 3.54. The summed E-state index contributed by atoms with van der Waals surface area (Å²) in [6, 6.07) is 14.5. The molecule has 0 saturated heterocycles. The van der Waals surface area contributed by atoms with Crippen LogP contribution < -0.4 is 10.6 Å². The van der Waals surface area contributed by atoms with Crippen molar-refractivity contribution in [3.05, 3.63) is 70.8 Å². The summed E-state index contributed by atoms with van der Waals surface area (Å²) in [5.74, 6) is -0.269. The summed E-state index contributed by atoms with van der Waals surface area (Å²) in [5, 5.41) is 14.6. The highest BCUT2D eigenvalue weighted by atomic mass is 16.4. The molecular weight excluding hydrogens is 316 g/mol. The Morgan fingerprint density at radius 1 is 1.16 bits per heavy atom. The first-order valence-electron chi connectivity index (χ1n) is 8.49. The molecule has 1 unspecified atom stereocenters. The van der Waals surface area contributed by atoms with Gasteiger partial charge in [-0.2, -0.15) is 0 Å². The van der Waals surface area contributed by atoms with E-state index in [0.717, 1.165) is 11.1 Å². The van der Waals surface area contributed by atoms with Crippen LogP contribution in [-0.4, -0.2) is 17.1 Å². The van der Waals surface area contributed by atoms with Gasteiger partial charge in [-0.1, -0.05) is 36.4 Å². The van der Waals surface area contributed by atoms with Crippen molar-refractivity contribution in [3.63, 3.8) is 0 Å². The summed E-state index contributed by atoms with van der Waals surface area (Å²) >= 11 is 0. The van der Waals surface area contributed by atoms with E-state index in [4.69, 9.17) is 5.11 Å². The van der Waals surface area contributed by atoms with Gasteiger partial charge < -0.3 is 15.7 Å². The first kappa shape index (κ1) is 17.0. The lowest BCUT2D eigenvalue weighted by Crippen LogP contribution is -2.36. The molecule has 2 aromatic rings. The van der Waals surface area contributed by atoms with Crippen molar-refractivity contribution >= 4 is 12.0 Å². The second-order valence-corrected chi connectivity index (χ2v) is 6.50. The summed E-state index contributed by atoms with van der Waals surface area (Å²) in [4.78, 5) is 22.9. The van der Waals surface area contributed by atoms with E-state index in [1.54, 1.807) is 12.1 Å². The average Bonchev–Trinajstić information content (AvgIpc) is 3.45. The Hall–Kier alpha value is -2.82. The molecule has 1 aliphatic carbocycles.